The van der Waals surface area contributed by atoms with E-state index in [9.17, 15) is 9.18 Å². The van der Waals surface area contributed by atoms with E-state index in [0.29, 0.717) is 18.6 Å². The zero-order chi connectivity index (χ0) is 27.9. The summed E-state index contributed by atoms with van der Waals surface area (Å²) in [5, 5.41) is 6.09. The van der Waals surface area contributed by atoms with E-state index in [2.05, 4.69) is 49.9 Å². The maximum atomic E-state index is 14.8. The quantitative estimate of drug-likeness (QED) is 0.321. The number of imidazole rings is 1. The monoisotopic (exact) mass is 546 g/mol. The summed E-state index contributed by atoms with van der Waals surface area (Å²) in [4.78, 5) is 25.4. The second-order valence-electron chi connectivity index (χ2n) is 10.3. The van der Waals surface area contributed by atoms with E-state index < -0.39 is 36.4 Å². The van der Waals surface area contributed by atoms with Crippen LogP contribution in [0.2, 0.25) is 0 Å². The lowest BCUT2D eigenvalue weighted by Crippen LogP contribution is -2.42. The van der Waals surface area contributed by atoms with Crippen molar-refractivity contribution < 1.29 is 23.4 Å². The molecule has 11 heteroatoms. The van der Waals surface area contributed by atoms with Crippen LogP contribution < -0.4 is 10.6 Å². The number of aromatic nitrogens is 4. The maximum absolute atomic E-state index is 14.8. The molecule has 2 aromatic carbocycles. The minimum Gasteiger partial charge on any atom is -0.367 e. The molecule has 0 aliphatic carbocycles. The molecule has 0 spiro atoms. The van der Waals surface area contributed by atoms with E-state index in [1.807, 2.05) is 43.3 Å². The molecule has 2 aliphatic heterocycles. The summed E-state index contributed by atoms with van der Waals surface area (Å²) in [6.45, 7) is 6.28. The molecule has 4 aromatic rings. The van der Waals surface area contributed by atoms with Crippen LogP contribution in [0.4, 0.5) is 10.2 Å². The molecular formula is C29H31FN6O4. The Balaban J connectivity index is 1.32. The van der Waals surface area contributed by atoms with Crippen molar-refractivity contribution in [2.75, 3.05) is 18.4 Å². The standard InChI is InChI=1S/C29H31FN6O4/c1-4-31-26(37)22-21-23(40-29(2,3)39-21)27(38-22)36-16-33-20-24(34-28(30)35-25(20)36)32-15-19(17-11-7-5-8-12-17)18-13-9-6-10-14-18/h5-14,16,19,21-23,27H,4,15H2,1-3H3,(H,31,37)(H,32,34,35)/t21-,22+,23-,27-/m1/s1. The zero-order valence-electron chi connectivity index (χ0n) is 22.5. The SMILES string of the molecule is CCNC(=O)[C@H]1O[C@@H](n2cnc3c(NCC(c4ccccc4)c4ccccc4)nc(F)nc32)[C@@H]2OC(C)(C)O[C@@H]21. The molecule has 1 amide bonds. The topological polar surface area (TPSA) is 112 Å². The number of carbonyl (C=O) groups excluding carboxylic acids is 1. The average molecular weight is 547 g/mol. The smallest absolute Gasteiger partial charge is 0.312 e. The summed E-state index contributed by atoms with van der Waals surface area (Å²) >= 11 is 0. The number of ether oxygens (including phenoxy) is 3. The number of benzene rings is 2. The zero-order valence-corrected chi connectivity index (χ0v) is 22.5. The summed E-state index contributed by atoms with van der Waals surface area (Å²) in [7, 11) is 0. The van der Waals surface area contributed by atoms with Crippen LogP contribution in [0.3, 0.4) is 0 Å². The van der Waals surface area contributed by atoms with Gasteiger partial charge < -0.3 is 24.8 Å². The number of nitrogens with one attached hydrogen (secondary N) is 2. The van der Waals surface area contributed by atoms with E-state index in [-0.39, 0.29) is 23.3 Å². The molecule has 0 bridgehead atoms. The lowest BCUT2D eigenvalue weighted by Gasteiger charge is -2.24. The van der Waals surface area contributed by atoms with Crippen molar-refractivity contribution in [3.63, 3.8) is 0 Å². The van der Waals surface area contributed by atoms with Crippen molar-refractivity contribution in [3.05, 3.63) is 84.2 Å². The molecule has 4 atom stereocenters. The molecule has 0 unspecified atom stereocenters. The van der Waals surface area contributed by atoms with Crippen LogP contribution in [0.5, 0.6) is 0 Å². The van der Waals surface area contributed by atoms with Gasteiger partial charge in [0.15, 0.2) is 35.1 Å². The highest BCUT2D eigenvalue weighted by Crippen LogP contribution is 2.44. The first-order valence-corrected chi connectivity index (χ1v) is 13.4. The number of halogens is 1. The third kappa shape index (κ3) is 4.91. The molecule has 2 N–H and O–H groups in total. The average Bonchev–Trinajstić information content (AvgIpc) is 3.60. The summed E-state index contributed by atoms with van der Waals surface area (Å²) < 4.78 is 34.7. The number of nitrogens with zero attached hydrogens (tertiary/aromatic N) is 4. The molecule has 4 heterocycles. The second-order valence-corrected chi connectivity index (χ2v) is 10.3. The predicted molar refractivity (Wildman–Crippen MR) is 145 cm³/mol. The summed E-state index contributed by atoms with van der Waals surface area (Å²) in [5.41, 5.74) is 2.82. The fourth-order valence-corrected chi connectivity index (χ4v) is 5.48. The highest BCUT2D eigenvalue weighted by Gasteiger charge is 2.58. The Morgan fingerprint density at radius 1 is 1.02 bits per heavy atom. The van der Waals surface area contributed by atoms with Crippen LogP contribution in [0.25, 0.3) is 11.2 Å². The van der Waals surface area contributed by atoms with Gasteiger partial charge in [-0.2, -0.15) is 14.4 Å². The van der Waals surface area contributed by atoms with Crippen molar-refractivity contribution in [1.29, 1.82) is 0 Å². The molecule has 2 fully saturated rings. The number of fused-ring (bicyclic) bond motifs is 2. The van der Waals surface area contributed by atoms with Crippen LogP contribution in [0.1, 0.15) is 44.0 Å². The molecule has 2 aromatic heterocycles. The second kappa shape index (κ2) is 10.6. The lowest BCUT2D eigenvalue weighted by molar-refractivity contribution is -0.197. The van der Waals surface area contributed by atoms with Gasteiger partial charge in [-0.25, -0.2) is 4.98 Å². The molecular weight excluding hydrogens is 515 g/mol. The van der Waals surface area contributed by atoms with Gasteiger partial charge in [0.1, 0.15) is 12.2 Å². The Labute approximate surface area is 230 Å². The van der Waals surface area contributed by atoms with E-state index >= 15 is 0 Å². The first kappa shape index (κ1) is 26.3. The van der Waals surface area contributed by atoms with Gasteiger partial charge in [0.05, 0.1) is 6.33 Å². The Bertz CT molecular complexity index is 1460. The highest BCUT2D eigenvalue weighted by atomic mass is 19.1. The van der Waals surface area contributed by atoms with Crippen LogP contribution in [-0.4, -0.2) is 62.6 Å². The first-order chi connectivity index (χ1) is 19.3. The first-order valence-electron chi connectivity index (χ1n) is 13.4. The molecule has 10 nitrogen and oxygen atoms in total. The summed E-state index contributed by atoms with van der Waals surface area (Å²) in [6.07, 6.45) is -2.40. The molecule has 0 saturated carbocycles. The fraction of sp³-hybridized carbons (Fsp3) is 0.379. The van der Waals surface area contributed by atoms with Crippen LogP contribution >= 0.6 is 0 Å². The maximum Gasteiger partial charge on any atom is 0.312 e. The number of carbonyl (C=O) groups is 1. The number of anilines is 1. The number of rotatable bonds is 8. The molecule has 2 saturated heterocycles. The lowest BCUT2D eigenvalue weighted by atomic mass is 9.91. The largest absolute Gasteiger partial charge is 0.367 e. The van der Waals surface area contributed by atoms with E-state index in [1.165, 1.54) is 6.33 Å². The fourth-order valence-electron chi connectivity index (χ4n) is 5.48. The Morgan fingerprint density at radius 3 is 2.33 bits per heavy atom. The number of likely N-dealkylation sites (N-methyl/N-ethyl adjacent to an activating group) is 1. The molecule has 40 heavy (non-hydrogen) atoms. The van der Waals surface area contributed by atoms with Gasteiger partial charge in [-0.05, 0) is 31.9 Å². The minimum absolute atomic E-state index is 0.0133. The van der Waals surface area contributed by atoms with Gasteiger partial charge in [-0.1, -0.05) is 60.7 Å². The molecule has 6 rings (SSSR count). The van der Waals surface area contributed by atoms with Gasteiger partial charge >= 0.3 is 6.08 Å². The van der Waals surface area contributed by atoms with Crippen molar-refractivity contribution in [2.24, 2.45) is 0 Å². The van der Waals surface area contributed by atoms with Gasteiger partial charge in [-0.3, -0.25) is 9.36 Å². The van der Waals surface area contributed by atoms with Crippen molar-refractivity contribution in [1.82, 2.24) is 24.8 Å². The van der Waals surface area contributed by atoms with E-state index in [4.69, 9.17) is 14.2 Å². The summed E-state index contributed by atoms with van der Waals surface area (Å²) in [5.74, 6) is -0.978. The molecule has 208 valence electrons. The van der Waals surface area contributed by atoms with Gasteiger partial charge in [-0.15, -0.1) is 0 Å². The third-order valence-electron chi connectivity index (χ3n) is 7.18. The normalized spacial score (nSPS) is 23.4. The summed E-state index contributed by atoms with van der Waals surface area (Å²) in [6, 6.07) is 20.2. The molecule has 0 radical (unpaired) electrons. The Kier molecular flexibility index (Phi) is 6.95. The number of hydrogen-bond donors (Lipinski definition) is 2. The van der Waals surface area contributed by atoms with E-state index in [0.717, 1.165) is 11.1 Å². The van der Waals surface area contributed by atoms with Crippen molar-refractivity contribution >= 4 is 22.9 Å². The van der Waals surface area contributed by atoms with Crippen molar-refractivity contribution in [2.45, 2.75) is 57.0 Å². The third-order valence-corrected chi connectivity index (χ3v) is 7.18. The van der Waals surface area contributed by atoms with Gasteiger partial charge in [0.25, 0.3) is 5.91 Å². The van der Waals surface area contributed by atoms with Crippen molar-refractivity contribution in [3.8, 4) is 0 Å². The van der Waals surface area contributed by atoms with Gasteiger partial charge in [0.2, 0.25) is 0 Å². The highest BCUT2D eigenvalue weighted by molar-refractivity contribution is 5.83. The Morgan fingerprint density at radius 2 is 1.68 bits per heavy atom. The van der Waals surface area contributed by atoms with Crippen LogP contribution in [0, 0.1) is 6.08 Å². The number of amides is 1. The number of hydrogen-bond acceptors (Lipinski definition) is 8. The van der Waals surface area contributed by atoms with Crippen LogP contribution in [-0.2, 0) is 19.0 Å². The van der Waals surface area contributed by atoms with Gasteiger partial charge in [0, 0.05) is 19.0 Å². The molecule has 2 aliphatic rings. The minimum atomic E-state index is -0.921. The Hall–Kier alpha value is -3.93. The van der Waals surface area contributed by atoms with Crippen LogP contribution in [0.15, 0.2) is 67.0 Å². The van der Waals surface area contributed by atoms with E-state index in [1.54, 1.807) is 18.4 Å². The predicted octanol–water partition coefficient (Wildman–Crippen LogP) is 3.76.